The van der Waals surface area contributed by atoms with Gasteiger partial charge >= 0.3 is 0 Å². The van der Waals surface area contributed by atoms with Crippen molar-refractivity contribution in [1.29, 1.82) is 0 Å². The summed E-state index contributed by atoms with van der Waals surface area (Å²) < 4.78 is 52.6. The van der Waals surface area contributed by atoms with E-state index in [0.29, 0.717) is 25.9 Å². The van der Waals surface area contributed by atoms with Gasteiger partial charge in [-0.05, 0) is 31.9 Å². The van der Waals surface area contributed by atoms with Gasteiger partial charge in [-0.2, -0.15) is 0 Å². The maximum absolute atomic E-state index is 13.8. The molecule has 1 N–H and O–H groups in total. The molecule has 4 nitrogen and oxygen atoms in total. The summed E-state index contributed by atoms with van der Waals surface area (Å²) in [5.74, 6) is -1.09. The zero-order chi connectivity index (χ0) is 15.6. The predicted molar refractivity (Wildman–Crippen MR) is 77.3 cm³/mol. The van der Waals surface area contributed by atoms with Gasteiger partial charge in [-0.1, -0.05) is 6.07 Å². The Hall–Kier alpha value is -1.05. The second-order valence-electron chi connectivity index (χ2n) is 5.51. The highest BCUT2D eigenvalue weighted by Crippen LogP contribution is 2.28. The van der Waals surface area contributed by atoms with Crippen molar-refractivity contribution in [3.63, 3.8) is 0 Å². The van der Waals surface area contributed by atoms with E-state index in [1.165, 1.54) is 18.2 Å². The van der Waals surface area contributed by atoms with E-state index < -0.39 is 21.7 Å². The Balaban J connectivity index is 2.02. The van der Waals surface area contributed by atoms with Crippen LogP contribution in [0.3, 0.4) is 0 Å². The van der Waals surface area contributed by atoms with E-state index in [9.17, 15) is 17.2 Å². The van der Waals surface area contributed by atoms with Crippen LogP contribution >= 0.6 is 0 Å². The predicted octanol–water partition coefficient (Wildman–Crippen LogP) is 2.04. The summed E-state index contributed by atoms with van der Waals surface area (Å²) >= 11 is 0. The van der Waals surface area contributed by atoms with Crippen LogP contribution in [0.5, 0.6) is 0 Å². The van der Waals surface area contributed by atoms with E-state index in [4.69, 9.17) is 0 Å². The Morgan fingerprint density at radius 1 is 1.24 bits per heavy atom. The summed E-state index contributed by atoms with van der Waals surface area (Å²) in [5, 5.41) is 0. The highest BCUT2D eigenvalue weighted by atomic mass is 32.2. The molecule has 0 aromatic heterocycles. The molecule has 1 fully saturated rings. The van der Waals surface area contributed by atoms with Crippen molar-refractivity contribution in [2.75, 3.05) is 19.3 Å². The molecule has 0 aliphatic carbocycles. The molecule has 0 spiro atoms. The summed E-state index contributed by atoms with van der Waals surface area (Å²) in [5.41, 5.74) is 0.0759. The Bertz CT molecular complexity index is 579. The van der Waals surface area contributed by atoms with Gasteiger partial charge in [0.25, 0.3) is 0 Å². The van der Waals surface area contributed by atoms with Crippen LogP contribution < -0.4 is 4.72 Å². The second kappa shape index (κ2) is 6.37. The topological polar surface area (TPSA) is 49.4 Å². The van der Waals surface area contributed by atoms with Crippen LogP contribution in [-0.2, 0) is 10.0 Å². The molecule has 1 saturated heterocycles. The van der Waals surface area contributed by atoms with Crippen molar-refractivity contribution in [3.8, 4) is 0 Å². The third-order valence-electron chi connectivity index (χ3n) is 3.88. The van der Waals surface area contributed by atoms with Crippen molar-refractivity contribution in [1.82, 2.24) is 9.62 Å². The summed E-state index contributed by atoms with van der Waals surface area (Å²) in [6.45, 7) is 2.97. The van der Waals surface area contributed by atoms with Crippen LogP contribution in [0.1, 0.15) is 31.4 Å². The molecular weight excluding hydrogens is 298 g/mol. The van der Waals surface area contributed by atoms with Crippen molar-refractivity contribution in [2.45, 2.75) is 31.8 Å². The summed E-state index contributed by atoms with van der Waals surface area (Å²) in [6, 6.07) is 3.39. The molecule has 0 saturated carbocycles. The first-order valence-electron chi connectivity index (χ1n) is 6.93. The second-order valence-corrected chi connectivity index (χ2v) is 7.29. The lowest BCUT2D eigenvalue weighted by Crippen LogP contribution is -2.45. The summed E-state index contributed by atoms with van der Waals surface area (Å²) in [4.78, 5) is 1.97. The van der Waals surface area contributed by atoms with Gasteiger partial charge in [0, 0.05) is 30.7 Å². The van der Waals surface area contributed by atoms with Gasteiger partial charge < -0.3 is 0 Å². The van der Waals surface area contributed by atoms with Gasteiger partial charge in [-0.25, -0.2) is 21.9 Å². The molecule has 0 radical (unpaired) electrons. The number of hydrogen-bond donors (Lipinski definition) is 1. The van der Waals surface area contributed by atoms with E-state index >= 15 is 0 Å². The Labute approximate surface area is 124 Å². The van der Waals surface area contributed by atoms with Crippen LogP contribution in [0, 0.1) is 11.6 Å². The van der Waals surface area contributed by atoms with Gasteiger partial charge in [0.05, 0.1) is 6.26 Å². The Morgan fingerprint density at radius 2 is 1.76 bits per heavy atom. The van der Waals surface area contributed by atoms with Crippen LogP contribution in [-0.4, -0.2) is 38.7 Å². The molecule has 1 aliphatic heterocycles. The summed E-state index contributed by atoms with van der Waals surface area (Å²) in [7, 11) is -3.22. The maximum atomic E-state index is 13.8. The molecule has 1 heterocycles. The van der Waals surface area contributed by atoms with Gasteiger partial charge in [-0.3, -0.25) is 4.90 Å². The quantitative estimate of drug-likeness (QED) is 0.924. The zero-order valence-electron chi connectivity index (χ0n) is 12.1. The molecule has 2 rings (SSSR count). The molecule has 1 aromatic carbocycles. The SMILES string of the molecule is CC(c1c(F)cccc1F)N1CCC(NS(C)(=O)=O)CC1. The average molecular weight is 318 g/mol. The fraction of sp³-hybridized carbons (Fsp3) is 0.571. The van der Waals surface area contributed by atoms with Gasteiger partial charge in [0.15, 0.2) is 0 Å². The molecule has 1 aromatic rings. The van der Waals surface area contributed by atoms with Crippen LogP contribution in [0.15, 0.2) is 18.2 Å². The van der Waals surface area contributed by atoms with Crippen molar-refractivity contribution in [2.24, 2.45) is 0 Å². The normalized spacial score (nSPS) is 19.6. The number of sulfonamides is 1. The Morgan fingerprint density at radius 3 is 2.24 bits per heavy atom. The lowest BCUT2D eigenvalue weighted by Gasteiger charge is -2.36. The number of benzene rings is 1. The van der Waals surface area contributed by atoms with Crippen molar-refractivity contribution in [3.05, 3.63) is 35.4 Å². The fourth-order valence-corrected chi connectivity index (χ4v) is 3.64. The van der Waals surface area contributed by atoms with Crippen LogP contribution in [0.4, 0.5) is 8.78 Å². The minimum atomic E-state index is -3.22. The molecule has 118 valence electrons. The first-order chi connectivity index (χ1) is 9.78. The van der Waals surface area contributed by atoms with Crippen LogP contribution in [0.25, 0.3) is 0 Å². The number of nitrogens with one attached hydrogen (secondary N) is 1. The number of likely N-dealkylation sites (tertiary alicyclic amines) is 1. The van der Waals surface area contributed by atoms with E-state index in [1.54, 1.807) is 6.92 Å². The van der Waals surface area contributed by atoms with Crippen molar-refractivity contribution < 1.29 is 17.2 Å². The van der Waals surface area contributed by atoms with Gasteiger partial charge in [-0.15, -0.1) is 0 Å². The van der Waals surface area contributed by atoms with E-state index in [-0.39, 0.29) is 17.6 Å². The van der Waals surface area contributed by atoms with E-state index in [0.717, 1.165) is 6.26 Å². The molecular formula is C14H20F2N2O2S. The third kappa shape index (κ3) is 4.21. The Kier molecular flexibility index (Phi) is 4.95. The fourth-order valence-electron chi connectivity index (χ4n) is 2.80. The molecule has 0 bridgehead atoms. The number of hydrogen-bond acceptors (Lipinski definition) is 3. The minimum Gasteiger partial charge on any atom is -0.296 e. The standard InChI is InChI=1S/C14H20F2N2O2S/c1-10(14-12(15)4-3-5-13(14)16)18-8-6-11(7-9-18)17-21(2,19)20/h3-5,10-11,17H,6-9H2,1-2H3. The van der Waals surface area contributed by atoms with Crippen LogP contribution in [0.2, 0.25) is 0 Å². The maximum Gasteiger partial charge on any atom is 0.208 e. The largest absolute Gasteiger partial charge is 0.296 e. The lowest BCUT2D eigenvalue weighted by atomic mass is 10.00. The number of nitrogens with zero attached hydrogens (tertiary/aromatic N) is 1. The molecule has 1 unspecified atom stereocenters. The first-order valence-corrected chi connectivity index (χ1v) is 8.82. The van der Waals surface area contributed by atoms with E-state index in [1.807, 2.05) is 4.90 Å². The van der Waals surface area contributed by atoms with Gasteiger partial charge in [0.1, 0.15) is 11.6 Å². The lowest BCUT2D eigenvalue weighted by molar-refractivity contribution is 0.154. The summed E-state index contributed by atoms with van der Waals surface area (Å²) in [6.07, 6.45) is 2.40. The van der Waals surface area contributed by atoms with Crippen molar-refractivity contribution >= 4 is 10.0 Å². The van der Waals surface area contributed by atoms with Gasteiger partial charge in [0.2, 0.25) is 10.0 Å². The highest BCUT2D eigenvalue weighted by Gasteiger charge is 2.27. The average Bonchev–Trinajstić information content (AvgIpc) is 2.37. The molecule has 1 aliphatic rings. The minimum absolute atomic E-state index is 0.0759. The number of halogens is 2. The number of piperidine rings is 1. The molecule has 1 atom stereocenters. The highest BCUT2D eigenvalue weighted by molar-refractivity contribution is 7.88. The monoisotopic (exact) mass is 318 g/mol. The van der Waals surface area contributed by atoms with E-state index in [2.05, 4.69) is 4.72 Å². The zero-order valence-corrected chi connectivity index (χ0v) is 13.0. The first kappa shape index (κ1) is 16.3. The molecule has 21 heavy (non-hydrogen) atoms. The third-order valence-corrected chi connectivity index (χ3v) is 4.64. The molecule has 0 amide bonds. The number of rotatable bonds is 4. The smallest absolute Gasteiger partial charge is 0.208 e. The molecule has 7 heteroatoms.